The lowest BCUT2D eigenvalue weighted by Gasteiger charge is -2.31. The second-order valence-corrected chi connectivity index (χ2v) is 7.78. The Morgan fingerprint density at radius 2 is 1.74 bits per heavy atom. The van der Waals surface area contributed by atoms with E-state index in [0.717, 1.165) is 31.3 Å². The SMILES string of the molecule is COc1ccc(S(=O)(=O)N(C)C2CCNCC2)c2ccccc12. The van der Waals surface area contributed by atoms with Crippen LogP contribution in [-0.2, 0) is 10.0 Å². The molecule has 1 heterocycles. The number of fused-ring (bicyclic) bond motifs is 1. The Labute approximate surface area is 137 Å². The van der Waals surface area contributed by atoms with E-state index in [-0.39, 0.29) is 6.04 Å². The summed E-state index contributed by atoms with van der Waals surface area (Å²) in [6.45, 7) is 1.71. The Balaban J connectivity index is 2.08. The number of piperidine rings is 1. The lowest BCUT2D eigenvalue weighted by Crippen LogP contribution is -2.43. The van der Waals surface area contributed by atoms with Gasteiger partial charge in [0, 0.05) is 23.9 Å². The topological polar surface area (TPSA) is 58.6 Å². The molecule has 0 spiro atoms. The maximum Gasteiger partial charge on any atom is 0.243 e. The van der Waals surface area contributed by atoms with Crippen molar-refractivity contribution >= 4 is 20.8 Å². The Bertz CT molecular complexity index is 799. The van der Waals surface area contributed by atoms with E-state index in [1.165, 1.54) is 4.31 Å². The van der Waals surface area contributed by atoms with Gasteiger partial charge in [-0.3, -0.25) is 0 Å². The minimum atomic E-state index is -3.54. The van der Waals surface area contributed by atoms with E-state index >= 15 is 0 Å². The van der Waals surface area contributed by atoms with Gasteiger partial charge in [-0.2, -0.15) is 4.31 Å². The third-order valence-corrected chi connectivity index (χ3v) is 6.51. The van der Waals surface area contributed by atoms with Crippen LogP contribution in [-0.4, -0.2) is 46.0 Å². The predicted octanol–water partition coefficient (Wildman–Crippen LogP) is 2.22. The minimum Gasteiger partial charge on any atom is -0.496 e. The van der Waals surface area contributed by atoms with Crippen molar-refractivity contribution in [3.8, 4) is 5.75 Å². The van der Waals surface area contributed by atoms with Crippen LogP contribution in [0.4, 0.5) is 0 Å². The molecule has 6 heteroatoms. The highest BCUT2D eigenvalue weighted by atomic mass is 32.2. The molecular formula is C17H22N2O3S. The van der Waals surface area contributed by atoms with Crippen molar-refractivity contribution in [3.63, 3.8) is 0 Å². The Morgan fingerprint density at radius 1 is 1.09 bits per heavy atom. The van der Waals surface area contributed by atoms with Gasteiger partial charge < -0.3 is 10.1 Å². The highest BCUT2D eigenvalue weighted by Gasteiger charge is 2.30. The Kier molecular flexibility index (Phi) is 4.57. The fraction of sp³-hybridized carbons (Fsp3) is 0.412. The molecule has 1 saturated heterocycles. The molecule has 0 saturated carbocycles. The van der Waals surface area contributed by atoms with Crippen molar-refractivity contribution in [2.75, 3.05) is 27.2 Å². The summed E-state index contributed by atoms with van der Waals surface area (Å²) in [5, 5.41) is 4.78. The second-order valence-electron chi connectivity index (χ2n) is 5.81. The maximum absolute atomic E-state index is 13.1. The predicted molar refractivity (Wildman–Crippen MR) is 91.3 cm³/mol. The van der Waals surface area contributed by atoms with Crippen LogP contribution in [0.5, 0.6) is 5.75 Å². The normalized spacial score (nSPS) is 16.8. The second kappa shape index (κ2) is 6.47. The van der Waals surface area contributed by atoms with Crippen molar-refractivity contribution in [3.05, 3.63) is 36.4 Å². The van der Waals surface area contributed by atoms with Gasteiger partial charge in [0.25, 0.3) is 0 Å². The average molecular weight is 334 g/mol. The van der Waals surface area contributed by atoms with Crippen LogP contribution in [0.25, 0.3) is 10.8 Å². The fourth-order valence-electron chi connectivity index (χ4n) is 3.17. The highest BCUT2D eigenvalue weighted by Crippen LogP contribution is 2.33. The van der Waals surface area contributed by atoms with E-state index < -0.39 is 10.0 Å². The number of nitrogens with one attached hydrogen (secondary N) is 1. The van der Waals surface area contributed by atoms with Crippen molar-refractivity contribution in [1.82, 2.24) is 9.62 Å². The number of rotatable bonds is 4. The van der Waals surface area contributed by atoms with Gasteiger partial charge in [0.2, 0.25) is 10.0 Å². The van der Waals surface area contributed by atoms with Gasteiger partial charge in [0.05, 0.1) is 12.0 Å². The molecule has 1 aliphatic rings. The number of nitrogens with zero attached hydrogens (tertiary/aromatic N) is 1. The Hall–Kier alpha value is -1.63. The van der Waals surface area contributed by atoms with Gasteiger partial charge in [-0.1, -0.05) is 24.3 Å². The number of hydrogen-bond acceptors (Lipinski definition) is 4. The molecule has 23 heavy (non-hydrogen) atoms. The van der Waals surface area contributed by atoms with E-state index in [9.17, 15) is 8.42 Å². The first-order valence-corrected chi connectivity index (χ1v) is 9.24. The number of benzene rings is 2. The van der Waals surface area contributed by atoms with Crippen LogP contribution in [0.2, 0.25) is 0 Å². The highest BCUT2D eigenvalue weighted by molar-refractivity contribution is 7.89. The minimum absolute atomic E-state index is 0.0436. The molecule has 0 radical (unpaired) electrons. The first-order chi connectivity index (χ1) is 11.1. The van der Waals surface area contributed by atoms with Crippen LogP contribution in [0.3, 0.4) is 0 Å². The Morgan fingerprint density at radius 3 is 2.39 bits per heavy atom. The largest absolute Gasteiger partial charge is 0.496 e. The van der Waals surface area contributed by atoms with E-state index in [0.29, 0.717) is 16.0 Å². The quantitative estimate of drug-likeness (QED) is 0.931. The molecule has 3 rings (SSSR count). The molecule has 0 aliphatic carbocycles. The summed E-state index contributed by atoms with van der Waals surface area (Å²) in [6, 6.07) is 10.9. The molecular weight excluding hydrogens is 312 g/mol. The van der Waals surface area contributed by atoms with Gasteiger partial charge in [0.1, 0.15) is 5.75 Å². The fourth-order valence-corrected chi connectivity index (χ4v) is 4.78. The standard InChI is InChI=1S/C17H22N2O3S/c1-19(13-9-11-18-12-10-13)23(20,21)17-8-7-16(22-2)14-5-3-4-6-15(14)17/h3-8,13,18H,9-12H2,1-2H3. The molecule has 2 aromatic rings. The van der Waals surface area contributed by atoms with E-state index in [1.807, 2.05) is 24.3 Å². The zero-order valence-corrected chi connectivity index (χ0v) is 14.3. The molecule has 1 N–H and O–H groups in total. The molecule has 0 unspecified atom stereocenters. The van der Waals surface area contributed by atoms with Crippen LogP contribution >= 0.6 is 0 Å². The van der Waals surface area contributed by atoms with E-state index in [2.05, 4.69) is 5.32 Å². The molecule has 5 nitrogen and oxygen atoms in total. The molecule has 0 amide bonds. The third-order valence-electron chi connectivity index (χ3n) is 4.54. The zero-order valence-electron chi connectivity index (χ0n) is 13.5. The molecule has 1 fully saturated rings. The molecule has 124 valence electrons. The third kappa shape index (κ3) is 2.94. The molecule has 0 atom stereocenters. The molecule has 0 bridgehead atoms. The number of hydrogen-bond donors (Lipinski definition) is 1. The summed E-state index contributed by atoms with van der Waals surface area (Å²) in [4.78, 5) is 0.343. The van der Waals surface area contributed by atoms with Gasteiger partial charge in [0.15, 0.2) is 0 Å². The first kappa shape index (κ1) is 16.2. The number of sulfonamides is 1. The molecule has 1 aliphatic heterocycles. The van der Waals surface area contributed by atoms with Gasteiger partial charge in [-0.05, 0) is 38.1 Å². The molecule has 2 aromatic carbocycles. The van der Waals surface area contributed by atoms with Gasteiger partial charge >= 0.3 is 0 Å². The van der Waals surface area contributed by atoms with E-state index in [1.54, 1.807) is 26.3 Å². The van der Waals surface area contributed by atoms with Crippen molar-refractivity contribution in [2.24, 2.45) is 0 Å². The van der Waals surface area contributed by atoms with Crippen LogP contribution in [0, 0.1) is 0 Å². The summed E-state index contributed by atoms with van der Waals surface area (Å²) < 4.78 is 33.1. The lowest BCUT2D eigenvalue weighted by molar-refractivity contribution is 0.296. The summed E-state index contributed by atoms with van der Waals surface area (Å²) in [7, 11) is -0.261. The smallest absolute Gasteiger partial charge is 0.243 e. The van der Waals surface area contributed by atoms with Gasteiger partial charge in [-0.15, -0.1) is 0 Å². The summed E-state index contributed by atoms with van der Waals surface area (Å²) in [5.41, 5.74) is 0. The van der Waals surface area contributed by atoms with Crippen molar-refractivity contribution < 1.29 is 13.2 Å². The lowest BCUT2D eigenvalue weighted by atomic mass is 10.1. The monoisotopic (exact) mass is 334 g/mol. The number of ether oxygens (including phenoxy) is 1. The summed E-state index contributed by atoms with van der Waals surface area (Å²) >= 11 is 0. The zero-order chi connectivity index (χ0) is 16.4. The summed E-state index contributed by atoms with van der Waals surface area (Å²) in [6.07, 6.45) is 1.67. The van der Waals surface area contributed by atoms with Crippen LogP contribution in [0.15, 0.2) is 41.3 Å². The van der Waals surface area contributed by atoms with Crippen molar-refractivity contribution in [2.45, 2.75) is 23.8 Å². The van der Waals surface area contributed by atoms with Crippen LogP contribution < -0.4 is 10.1 Å². The van der Waals surface area contributed by atoms with Crippen LogP contribution in [0.1, 0.15) is 12.8 Å². The van der Waals surface area contributed by atoms with Crippen molar-refractivity contribution in [1.29, 1.82) is 0 Å². The number of methoxy groups -OCH3 is 1. The average Bonchev–Trinajstić information content (AvgIpc) is 2.60. The van der Waals surface area contributed by atoms with E-state index in [4.69, 9.17) is 4.74 Å². The maximum atomic E-state index is 13.1. The van der Waals surface area contributed by atoms with Gasteiger partial charge in [-0.25, -0.2) is 8.42 Å². The molecule has 0 aromatic heterocycles. The summed E-state index contributed by atoms with van der Waals surface area (Å²) in [5.74, 6) is 0.684. The first-order valence-electron chi connectivity index (χ1n) is 7.80.